The SMILES string of the molecule is CCCCc1c(O)c(O)c(C(=O)O)c(CCCC)c1CCCC. The second-order valence-electron chi connectivity index (χ2n) is 6.12. The van der Waals surface area contributed by atoms with Crippen molar-refractivity contribution < 1.29 is 20.1 Å². The zero-order valence-corrected chi connectivity index (χ0v) is 14.6. The minimum absolute atomic E-state index is 0.109. The molecule has 0 bridgehead atoms. The quantitative estimate of drug-likeness (QED) is 0.539. The molecule has 0 aliphatic heterocycles. The molecule has 0 saturated carbocycles. The molecule has 0 aliphatic rings. The molecule has 0 unspecified atom stereocenters. The van der Waals surface area contributed by atoms with Gasteiger partial charge in [-0.3, -0.25) is 0 Å². The van der Waals surface area contributed by atoms with Gasteiger partial charge in [-0.1, -0.05) is 40.0 Å². The maximum absolute atomic E-state index is 11.6. The smallest absolute Gasteiger partial charge is 0.339 e. The summed E-state index contributed by atoms with van der Waals surface area (Å²) in [4.78, 5) is 11.6. The maximum atomic E-state index is 11.6. The van der Waals surface area contributed by atoms with Crippen LogP contribution in [0.15, 0.2) is 0 Å². The molecule has 4 nitrogen and oxygen atoms in total. The number of carboxylic acids is 1. The van der Waals surface area contributed by atoms with Crippen LogP contribution >= 0.6 is 0 Å². The number of hydrogen-bond acceptors (Lipinski definition) is 3. The van der Waals surface area contributed by atoms with Crippen LogP contribution in [0.2, 0.25) is 0 Å². The number of aromatic carboxylic acids is 1. The first-order valence-corrected chi connectivity index (χ1v) is 8.81. The average molecular weight is 322 g/mol. The fraction of sp³-hybridized carbons (Fsp3) is 0.632. The van der Waals surface area contributed by atoms with E-state index in [9.17, 15) is 20.1 Å². The lowest BCUT2D eigenvalue weighted by Gasteiger charge is -2.20. The van der Waals surface area contributed by atoms with Crippen LogP contribution in [0.4, 0.5) is 0 Å². The van der Waals surface area contributed by atoms with Crippen LogP contribution in [0.25, 0.3) is 0 Å². The van der Waals surface area contributed by atoms with Gasteiger partial charge in [0.25, 0.3) is 0 Å². The van der Waals surface area contributed by atoms with Crippen LogP contribution in [-0.4, -0.2) is 21.3 Å². The van der Waals surface area contributed by atoms with Crippen LogP contribution < -0.4 is 0 Å². The molecule has 1 aromatic rings. The van der Waals surface area contributed by atoms with Crippen molar-refractivity contribution in [3.8, 4) is 11.5 Å². The Balaban J connectivity index is 3.54. The molecule has 130 valence electrons. The van der Waals surface area contributed by atoms with Crippen LogP contribution in [0.1, 0.15) is 86.3 Å². The largest absolute Gasteiger partial charge is 0.504 e. The summed E-state index contributed by atoms with van der Waals surface area (Å²) in [5, 5.41) is 30.1. The van der Waals surface area contributed by atoms with Gasteiger partial charge in [0.2, 0.25) is 0 Å². The van der Waals surface area contributed by atoms with Gasteiger partial charge in [-0.15, -0.1) is 0 Å². The van der Waals surface area contributed by atoms with E-state index >= 15 is 0 Å². The number of phenolic OH excluding ortho intramolecular Hbond substituents is 1. The molecule has 4 heteroatoms. The van der Waals surface area contributed by atoms with Crippen molar-refractivity contribution in [2.45, 2.75) is 78.6 Å². The lowest BCUT2D eigenvalue weighted by Crippen LogP contribution is -2.11. The fourth-order valence-electron chi connectivity index (χ4n) is 3.02. The third-order valence-corrected chi connectivity index (χ3v) is 4.33. The molecule has 0 spiro atoms. The monoisotopic (exact) mass is 322 g/mol. The minimum Gasteiger partial charge on any atom is -0.504 e. The highest BCUT2D eigenvalue weighted by Crippen LogP contribution is 2.41. The van der Waals surface area contributed by atoms with Crippen LogP contribution in [0.5, 0.6) is 11.5 Å². The third kappa shape index (κ3) is 4.63. The summed E-state index contributed by atoms with van der Waals surface area (Å²) in [6, 6.07) is 0. The molecule has 0 amide bonds. The zero-order valence-electron chi connectivity index (χ0n) is 14.6. The fourth-order valence-corrected chi connectivity index (χ4v) is 3.02. The van der Waals surface area contributed by atoms with Crippen molar-refractivity contribution in [3.63, 3.8) is 0 Å². The van der Waals surface area contributed by atoms with E-state index in [0.29, 0.717) is 18.4 Å². The van der Waals surface area contributed by atoms with Crippen molar-refractivity contribution in [2.75, 3.05) is 0 Å². The van der Waals surface area contributed by atoms with E-state index in [4.69, 9.17) is 0 Å². The van der Waals surface area contributed by atoms with Crippen LogP contribution in [-0.2, 0) is 19.3 Å². The molecule has 23 heavy (non-hydrogen) atoms. The standard InChI is InChI=1S/C19H30O4/c1-4-7-10-13-14(11-8-5-2)16(19(22)23)18(21)17(20)15(13)12-9-6-3/h20-21H,4-12H2,1-3H3,(H,22,23). The molecule has 0 fully saturated rings. The molecule has 0 heterocycles. The van der Waals surface area contributed by atoms with Crippen LogP contribution in [0, 0.1) is 0 Å². The van der Waals surface area contributed by atoms with Gasteiger partial charge in [-0.25, -0.2) is 4.79 Å². The molecule has 1 rings (SSSR count). The van der Waals surface area contributed by atoms with E-state index in [1.54, 1.807) is 0 Å². The zero-order chi connectivity index (χ0) is 17.4. The predicted molar refractivity (Wildman–Crippen MR) is 92.6 cm³/mol. The van der Waals surface area contributed by atoms with Crippen molar-refractivity contribution in [1.82, 2.24) is 0 Å². The van der Waals surface area contributed by atoms with Crippen LogP contribution in [0.3, 0.4) is 0 Å². The van der Waals surface area contributed by atoms with Crippen molar-refractivity contribution in [1.29, 1.82) is 0 Å². The molecular weight excluding hydrogens is 292 g/mol. The number of unbranched alkanes of at least 4 members (excludes halogenated alkanes) is 3. The Morgan fingerprint density at radius 1 is 0.739 bits per heavy atom. The predicted octanol–water partition coefficient (Wildman–Crippen LogP) is 4.82. The van der Waals surface area contributed by atoms with Gasteiger partial charge in [0.15, 0.2) is 11.5 Å². The lowest BCUT2D eigenvalue weighted by molar-refractivity contribution is 0.0691. The topological polar surface area (TPSA) is 77.8 Å². The number of carboxylic acid groups (broad SMARTS) is 1. The normalized spacial score (nSPS) is 10.9. The number of aromatic hydroxyl groups is 2. The highest BCUT2D eigenvalue weighted by molar-refractivity contribution is 5.94. The van der Waals surface area contributed by atoms with E-state index in [0.717, 1.165) is 56.1 Å². The highest BCUT2D eigenvalue weighted by atomic mass is 16.4. The second-order valence-corrected chi connectivity index (χ2v) is 6.12. The van der Waals surface area contributed by atoms with E-state index in [1.807, 2.05) is 0 Å². The first-order chi connectivity index (χ1) is 11.0. The Bertz CT molecular complexity index is 535. The number of benzene rings is 1. The Kier molecular flexibility index (Phi) is 7.93. The number of rotatable bonds is 10. The molecule has 0 aromatic heterocycles. The third-order valence-electron chi connectivity index (χ3n) is 4.33. The Labute approximate surface area is 139 Å². The summed E-state index contributed by atoms with van der Waals surface area (Å²) in [5.41, 5.74) is 2.30. The molecule has 0 saturated heterocycles. The van der Waals surface area contributed by atoms with Crippen molar-refractivity contribution >= 4 is 5.97 Å². The Hall–Kier alpha value is -1.71. The number of hydrogen-bond donors (Lipinski definition) is 3. The van der Waals surface area contributed by atoms with Gasteiger partial charge >= 0.3 is 5.97 Å². The molecule has 1 aromatic carbocycles. The second kappa shape index (κ2) is 9.43. The molecule has 0 aliphatic carbocycles. The molecule has 3 N–H and O–H groups in total. The molecule has 0 radical (unpaired) electrons. The minimum atomic E-state index is -1.16. The molecule has 0 atom stereocenters. The Morgan fingerprint density at radius 3 is 1.61 bits per heavy atom. The van der Waals surface area contributed by atoms with Gasteiger partial charge in [-0.2, -0.15) is 0 Å². The van der Waals surface area contributed by atoms with Gasteiger partial charge in [0.1, 0.15) is 5.56 Å². The van der Waals surface area contributed by atoms with Gasteiger partial charge in [0, 0.05) is 5.56 Å². The molecular formula is C19H30O4. The maximum Gasteiger partial charge on any atom is 0.339 e. The summed E-state index contributed by atoms with van der Waals surface area (Å²) >= 11 is 0. The van der Waals surface area contributed by atoms with E-state index < -0.39 is 11.7 Å². The summed E-state index contributed by atoms with van der Waals surface area (Å²) in [6.07, 6.45) is 7.73. The van der Waals surface area contributed by atoms with E-state index in [1.165, 1.54) is 0 Å². The van der Waals surface area contributed by atoms with Gasteiger partial charge in [-0.05, 0) is 49.7 Å². The lowest BCUT2D eigenvalue weighted by atomic mass is 9.86. The summed E-state index contributed by atoms with van der Waals surface area (Å²) in [7, 11) is 0. The van der Waals surface area contributed by atoms with Gasteiger partial charge < -0.3 is 15.3 Å². The van der Waals surface area contributed by atoms with Crippen molar-refractivity contribution in [3.05, 3.63) is 22.3 Å². The first kappa shape index (κ1) is 19.3. The highest BCUT2D eigenvalue weighted by Gasteiger charge is 2.26. The average Bonchev–Trinajstić information content (AvgIpc) is 2.52. The number of phenols is 2. The Morgan fingerprint density at radius 2 is 1.17 bits per heavy atom. The summed E-state index contributed by atoms with van der Waals surface area (Å²) < 4.78 is 0. The summed E-state index contributed by atoms with van der Waals surface area (Å²) in [5.74, 6) is -1.86. The number of carbonyl (C=O) groups is 1. The summed E-state index contributed by atoms with van der Waals surface area (Å²) in [6.45, 7) is 6.23. The van der Waals surface area contributed by atoms with Crippen molar-refractivity contribution in [2.24, 2.45) is 0 Å². The van der Waals surface area contributed by atoms with Gasteiger partial charge in [0.05, 0.1) is 0 Å². The van der Waals surface area contributed by atoms with E-state index in [2.05, 4.69) is 20.8 Å². The van der Waals surface area contributed by atoms with E-state index in [-0.39, 0.29) is 11.3 Å². The first-order valence-electron chi connectivity index (χ1n) is 8.81.